The molecule has 2 aromatic carbocycles. The molecule has 21 nitrogen and oxygen atoms in total. The number of aromatic nitrogens is 3. The maximum absolute atomic E-state index is 15.1. The number of halogens is 2. The Hall–Kier alpha value is -7.59. The average Bonchev–Trinajstić information content (AvgIpc) is 3.73. The fourth-order valence-electron chi connectivity index (χ4n) is 7.16. The molecule has 23 heteroatoms. The molecule has 0 unspecified atom stereocenters. The molecule has 0 bridgehead atoms. The second-order valence-corrected chi connectivity index (χ2v) is 21.4. The van der Waals surface area contributed by atoms with Gasteiger partial charge in [-0.1, -0.05) is 6.92 Å². The number of aliphatic imine (C=N–C) groups is 1. The Morgan fingerprint density at radius 1 is 0.776 bits per heavy atom. The van der Waals surface area contributed by atoms with Crippen LogP contribution in [0.5, 0.6) is 5.75 Å². The van der Waals surface area contributed by atoms with E-state index in [1.807, 2.05) is 6.92 Å². The van der Waals surface area contributed by atoms with Crippen molar-refractivity contribution in [2.45, 2.75) is 151 Å². The predicted molar refractivity (Wildman–Crippen MR) is 281 cm³/mol. The van der Waals surface area contributed by atoms with E-state index in [9.17, 15) is 33.2 Å². The van der Waals surface area contributed by atoms with Crippen LogP contribution in [-0.4, -0.2) is 123 Å². The number of aryl methyl sites for hydroxylation is 1. The van der Waals surface area contributed by atoms with Crippen LogP contribution in [0.1, 0.15) is 132 Å². The molecule has 0 radical (unpaired) electrons. The predicted octanol–water partition coefficient (Wildman–Crippen LogP) is 8.75. The van der Waals surface area contributed by atoms with E-state index in [2.05, 4.69) is 41.5 Å². The minimum Gasteiger partial charge on any atom is -0.494 e. The van der Waals surface area contributed by atoms with E-state index in [4.69, 9.17) is 23.7 Å². The Bertz CT molecular complexity index is 2740. The van der Waals surface area contributed by atoms with Gasteiger partial charge in [-0.3, -0.25) is 29.1 Å². The van der Waals surface area contributed by atoms with Gasteiger partial charge in [0.15, 0.2) is 23.0 Å². The summed E-state index contributed by atoms with van der Waals surface area (Å²) in [6.07, 6.45) is 2.50. The molecule has 0 saturated heterocycles. The molecule has 4 rings (SSSR count). The van der Waals surface area contributed by atoms with Gasteiger partial charge in [0.05, 0.1) is 19.0 Å². The lowest BCUT2D eigenvalue weighted by Gasteiger charge is -2.29. The van der Waals surface area contributed by atoms with Crippen molar-refractivity contribution in [3.8, 4) is 17.0 Å². The number of imidazole rings is 1. The Balaban J connectivity index is 1.45. The third kappa shape index (κ3) is 19.3. The topological polar surface area (TPSA) is 255 Å². The highest BCUT2D eigenvalue weighted by Gasteiger charge is 2.30. The standard InChI is InChI=1S/C53H74F2N10O11/c1-15-32-30-33(61-42-43-60-31-37(64(43)29-27-56-42)35-22-23-38(72-14)41(55)40(35)54)20-21-34(32)44(67)57-25-26-58-45(68)36(62-47(69)74-51(5,6)7)18-16-24-59-46(63-48(70)75-52(8,9)10)65(49(71)76-53(11,12)13)28-17-19-39(66)73-50(2,3)4/h20-23,27,29-31,36H,15-19,24-26,28H2,1-14H3,(H,56,61)(H,57,67)(H,58,68)(H,62,69)(H,59,63,70)/t36-/m0/s1. The first-order valence-electron chi connectivity index (χ1n) is 24.9. The number of carbonyl (C=O) groups excluding carboxylic acids is 6. The molecule has 1 atom stereocenters. The first-order chi connectivity index (χ1) is 35.4. The molecule has 0 aliphatic carbocycles. The summed E-state index contributed by atoms with van der Waals surface area (Å²) in [6.45, 7) is 21.9. The van der Waals surface area contributed by atoms with Gasteiger partial charge in [0.2, 0.25) is 17.7 Å². The molecule has 0 aliphatic rings. The normalized spacial score (nSPS) is 12.5. The molecule has 0 saturated carbocycles. The van der Waals surface area contributed by atoms with Crippen molar-refractivity contribution in [1.82, 2.24) is 40.5 Å². The number of carbonyl (C=O) groups is 6. The third-order valence-electron chi connectivity index (χ3n) is 10.3. The van der Waals surface area contributed by atoms with Crippen molar-refractivity contribution in [3.63, 3.8) is 0 Å². The number of nitrogens with one attached hydrogen (secondary N) is 5. The van der Waals surface area contributed by atoms with Crippen LogP contribution in [0.2, 0.25) is 0 Å². The number of amides is 5. The fourth-order valence-corrected chi connectivity index (χ4v) is 7.16. The maximum atomic E-state index is 15.1. The zero-order chi connectivity index (χ0) is 56.8. The van der Waals surface area contributed by atoms with Crippen molar-refractivity contribution < 1.29 is 61.2 Å². The van der Waals surface area contributed by atoms with Gasteiger partial charge in [-0.05, 0) is 145 Å². The second-order valence-electron chi connectivity index (χ2n) is 21.4. The third-order valence-corrected chi connectivity index (χ3v) is 10.3. The summed E-state index contributed by atoms with van der Waals surface area (Å²) in [6, 6.07) is 6.68. The maximum Gasteiger partial charge on any atom is 0.417 e. The molecule has 416 valence electrons. The summed E-state index contributed by atoms with van der Waals surface area (Å²) in [4.78, 5) is 93.9. The van der Waals surface area contributed by atoms with Gasteiger partial charge in [0.25, 0.3) is 5.91 Å². The van der Waals surface area contributed by atoms with Crippen molar-refractivity contribution in [2.75, 3.05) is 38.6 Å². The van der Waals surface area contributed by atoms with Gasteiger partial charge in [-0.15, -0.1) is 0 Å². The van der Waals surface area contributed by atoms with E-state index in [1.54, 1.807) is 112 Å². The molecule has 0 spiro atoms. The second kappa shape index (κ2) is 26.3. The SMILES string of the molecule is CCc1cc(Nc2nccn3c(-c4ccc(OC)c(F)c4F)cnc23)ccc1C(=O)NCCNC(=O)[C@H](CCCN=C(NC(=O)OC(C)(C)C)N(CCCC(=O)OC(C)(C)C)C(=O)OC(C)(C)C)NC(=O)OC(C)(C)C. The summed E-state index contributed by atoms with van der Waals surface area (Å²) in [5.41, 5.74) is -1.25. The lowest BCUT2D eigenvalue weighted by atomic mass is 10.0. The molecule has 2 aromatic heterocycles. The Kier molecular flexibility index (Phi) is 21.1. The van der Waals surface area contributed by atoms with Gasteiger partial charge in [0.1, 0.15) is 28.4 Å². The highest BCUT2D eigenvalue weighted by molar-refractivity contribution is 6.01. The number of fused-ring (bicyclic) bond motifs is 1. The van der Waals surface area contributed by atoms with E-state index in [-0.39, 0.29) is 74.8 Å². The van der Waals surface area contributed by atoms with E-state index in [0.717, 1.165) is 4.90 Å². The van der Waals surface area contributed by atoms with Crippen LogP contribution in [-0.2, 0) is 35.0 Å². The molecule has 0 aliphatic heterocycles. The van der Waals surface area contributed by atoms with Crippen LogP contribution in [0.3, 0.4) is 0 Å². The van der Waals surface area contributed by atoms with E-state index < -0.39 is 76.1 Å². The van der Waals surface area contributed by atoms with Crippen molar-refractivity contribution in [3.05, 3.63) is 71.7 Å². The number of esters is 1. The number of anilines is 2. The van der Waals surface area contributed by atoms with Crippen LogP contribution in [0.4, 0.5) is 34.7 Å². The summed E-state index contributed by atoms with van der Waals surface area (Å²) in [7, 11) is 1.25. The van der Waals surface area contributed by atoms with Gasteiger partial charge >= 0.3 is 24.2 Å². The number of hydrogen-bond donors (Lipinski definition) is 5. The number of ether oxygens (including phenoxy) is 5. The summed E-state index contributed by atoms with van der Waals surface area (Å²) in [5.74, 6) is -3.85. The molecule has 2 heterocycles. The molecule has 0 fully saturated rings. The number of alkyl carbamates (subject to hydrolysis) is 2. The molecular weight excluding hydrogens is 991 g/mol. The minimum absolute atomic E-state index is 0.0120. The zero-order valence-electron chi connectivity index (χ0n) is 46.0. The van der Waals surface area contributed by atoms with Gasteiger partial charge in [0, 0.05) is 61.8 Å². The Morgan fingerprint density at radius 3 is 2.05 bits per heavy atom. The van der Waals surface area contributed by atoms with Crippen molar-refractivity contribution in [1.29, 1.82) is 0 Å². The number of benzene rings is 2. The molecule has 76 heavy (non-hydrogen) atoms. The van der Waals surface area contributed by atoms with Gasteiger partial charge < -0.3 is 45.0 Å². The van der Waals surface area contributed by atoms with Crippen LogP contribution in [0.25, 0.3) is 16.9 Å². The fraction of sp³-hybridized carbons (Fsp3) is 0.528. The molecule has 5 N–H and O–H groups in total. The summed E-state index contributed by atoms with van der Waals surface area (Å²) in [5, 5.41) is 13.9. The Morgan fingerprint density at radius 2 is 1.42 bits per heavy atom. The highest BCUT2D eigenvalue weighted by atomic mass is 19.2. The van der Waals surface area contributed by atoms with Gasteiger partial charge in [-0.2, -0.15) is 4.39 Å². The Labute approximate surface area is 442 Å². The highest BCUT2D eigenvalue weighted by Crippen LogP contribution is 2.32. The van der Waals surface area contributed by atoms with E-state index in [1.165, 1.54) is 31.6 Å². The number of hydrogen-bond acceptors (Lipinski definition) is 15. The average molecular weight is 1070 g/mol. The van der Waals surface area contributed by atoms with Crippen LogP contribution in [0.15, 0.2) is 53.9 Å². The van der Waals surface area contributed by atoms with Crippen LogP contribution >= 0.6 is 0 Å². The monoisotopic (exact) mass is 1060 g/mol. The minimum atomic E-state index is -1.15. The first-order valence-corrected chi connectivity index (χ1v) is 24.9. The zero-order valence-corrected chi connectivity index (χ0v) is 46.0. The number of methoxy groups -OCH3 is 1. The van der Waals surface area contributed by atoms with E-state index >= 15 is 4.39 Å². The molecule has 5 amide bonds. The largest absolute Gasteiger partial charge is 0.494 e. The number of rotatable bonds is 19. The molecular formula is C53H74F2N10O11. The smallest absolute Gasteiger partial charge is 0.417 e. The quantitative estimate of drug-likeness (QED) is 0.0194. The first kappa shape index (κ1) is 61.0. The summed E-state index contributed by atoms with van der Waals surface area (Å²) < 4.78 is 58.1. The van der Waals surface area contributed by atoms with E-state index in [0.29, 0.717) is 34.7 Å². The lowest BCUT2D eigenvalue weighted by molar-refractivity contribution is -0.155. The van der Waals surface area contributed by atoms with Crippen molar-refractivity contribution >= 4 is 59.2 Å². The van der Waals surface area contributed by atoms with Crippen LogP contribution in [0, 0.1) is 11.6 Å². The molecule has 4 aromatic rings. The van der Waals surface area contributed by atoms with Crippen LogP contribution < -0.4 is 31.3 Å². The summed E-state index contributed by atoms with van der Waals surface area (Å²) >= 11 is 0. The van der Waals surface area contributed by atoms with Gasteiger partial charge in [-0.25, -0.2) is 33.6 Å². The number of guanidine groups is 1. The number of nitrogens with zero attached hydrogens (tertiary/aromatic N) is 5. The lowest BCUT2D eigenvalue weighted by Crippen LogP contribution is -2.50. The van der Waals surface area contributed by atoms with Crippen molar-refractivity contribution in [2.24, 2.45) is 4.99 Å².